The largest absolute Gasteiger partial charge is 0.483 e. The van der Waals surface area contributed by atoms with E-state index in [2.05, 4.69) is 0 Å². The molecule has 0 aliphatic carbocycles. The fraction of sp³-hybridized carbons (Fsp3) is 0.562. The lowest BCUT2D eigenvalue weighted by Crippen LogP contribution is -2.68. The molecule has 1 spiro atoms. The minimum absolute atomic E-state index is 0.336. The molecule has 0 bridgehead atoms. The molecule has 120 valence electrons. The highest BCUT2D eigenvalue weighted by molar-refractivity contribution is 5.70. The minimum atomic E-state index is -0.791. The molecular formula is C16H20FNO4. The van der Waals surface area contributed by atoms with Crippen LogP contribution in [0.25, 0.3) is 0 Å². The van der Waals surface area contributed by atoms with E-state index in [1.807, 2.05) is 20.8 Å². The lowest BCUT2D eigenvalue weighted by atomic mass is 9.83. The van der Waals surface area contributed by atoms with Gasteiger partial charge < -0.3 is 19.5 Å². The number of carbonyl (C=O) groups excluding carboxylic acids is 1. The van der Waals surface area contributed by atoms with Crippen LogP contribution < -0.4 is 4.74 Å². The second kappa shape index (κ2) is 4.84. The first kappa shape index (κ1) is 15.1. The number of hydrogen-bond donors (Lipinski definition) is 1. The fourth-order valence-electron chi connectivity index (χ4n) is 2.91. The second-order valence-corrected chi connectivity index (χ2v) is 7.02. The number of benzene rings is 1. The molecule has 2 aliphatic rings. The molecule has 1 aromatic rings. The van der Waals surface area contributed by atoms with Crippen LogP contribution in [0.5, 0.6) is 5.75 Å². The van der Waals surface area contributed by atoms with Gasteiger partial charge in [-0.2, -0.15) is 0 Å². The van der Waals surface area contributed by atoms with Crippen LogP contribution in [0.3, 0.4) is 0 Å². The van der Waals surface area contributed by atoms with Gasteiger partial charge in [0.15, 0.2) is 0 Å². The Bertz CT molecular complexity index is 605. The normalized spacial score (nSPS) is 22.6. The van der Waals surface area contributed by atoms with Crippen LogP contribution >= 0.6 is 0 Å². The van der Waals surface area contributed by atoms with Crippen LogP contribution in [0, 0.1) is 5.82 Å². The van der Waals surface area contributed by atoms with Gasteiger partial charge in [-0.05, 0) is 39.0 Å². The van der Waals surface area contributed by atoms with Crippen LogP contribution in [0.4, 0.5) is 9.18 Å². The smallest absolute Gasteiger partial charge is 0.410 e. The van der Waals surface area contributed by atoms with Gasteiger partial charge in [-0.15, -0.1) is 0 Å². The Hall–Kier alpha value is -1.82. The van der Waals surface area contributed by atoms with Crippen molar-refractivity contribution in [3.05, 3.63) is 29.6 Å². The predicted molar refractivity (Wildman–Crippen MR) is 77.1 cm³/mol. The first-order valence-corrected chi connectivity index (χ1v) is 7.32. The fourth-order valence-corrected chi connectivity index (χ4v) is 2.91. The summed E-state index contributed by atoms with van der Waals surface area (Å²) in [6.07, 6.45) is -0.843. The molecule has 0 aromatic heterocycles. The maximum absolute atomic E-state index is 13.2. The van der Waals surface area contributed by atoms with Crippen molar-refractivity contribution >= 4 is 6.09 Å². The number of aliphatic hydroxyl groups is 1. The highest BCUT2D eigenvalue weighted by Crippen LogP contribution is 2.44. The van der Waals surface area contributed by atoms with Crippen molar-refractivity contribution in [2.45, 2.75) is 44.5 Å². The van der Waals surface area contributed by atoms with Gasteiger partial charge in [-0.25, -0.2) is 9.18 Å². The first-order chi connectivity index (χ1) is 10.2. The molecule has 2 heterocycles. The molecule has 0 unspecified atom stereocenters. The molecule has 22 heavy (non-hydrogen) atoms. The van der Waals surface area contributed by atoms with Gasteiger partial charge in [-0.1, -0.05) is 0 Å². The van der Waals surface area contributed by atoms with E-state index >= 15 is 0 Å². The van der Waals surface area contributed by atoms with E-state index in [4.69, 9.17) is 9.47 Å². The maximum Gasteiger partial charge on any atom is 0.410 e. The number of fused-ring (bicyclic) bond motifs is 1. The van der Waals surface area contributed by atoms with Crippen LogP contribution in [0.2, 0.25) is 0 Å². The van der Waals surface area contributed by atoms with Gasteiger partial charge in [0.1, 0.15) is 22.8 Å². The number of rotatable bonds is 0. The number of aliphatic hydroxyl groups excluding tert-OH is 1. The monoisotopic (exact) mass is 309 g/mol. The van der Waals surface area contributed by atoms with Gasteiger partial charge in [0.05, 0.1) is 19.2 Å². The SMILES string of the molecule is CC(C)(C)OC(=O)N1CC2(C[C@H](O)c3cc(F)ccc3O2)C1. The maximum atomic E-state index is 13.2. The van der Waals surface area contributed by atoms with Gasteiger partial charge in [0, 0.05) is 12.0 Å². The van der Waals surface area contributed by atoms with E-state index in [0.29, 0.717) is 30.8 Å². The summed E-state index contributed by atoms with van der Waals surface area (Å²) < 4.78 is 24.5. The third-order valence-electron chi connectivity index (χ3n) is 3.83. The molecule has 1 amide bonds. The quantitative estimate of drug-likeness (QED) is 0.800. The lowest BCUT2D eigenvalue weighted by Gasteiger charge is -2.52. The Morgan fingerprint density at radius 2 is 2.14 bits per heavy atom. The number of likely N-dealkylation sites (tertiary alicyclic amines) is 1. The Labute approximate surface area is 128 Å². The van der Waals surface area contributed by atoms with Crippen molar-refractivity contribution in [3.8, 4) is 5.75 Å². The standard InChI is InChI=1S/C16H20FNO4/c1-15(2,3)22-14(20)18-8-16(9-18)7-12(19)11-6-10(17)4-5-13(11)21-16/h4-6,12,19H,7-9H2,1-3H3/t12-/m0/s1. The molecule has 0 saturated carbocycles. The van der Waals surface area contributed by atoms with Gasteiger partial charge >= 0.3 is 6.09 Å². The van der Waals surface area contributed by atoms with Crippen molar-refractivity contribution in [1.82, 2.24) is 4.90 Å². The van der Waals surface area contributed by atoms with Crippen molar-refractivity contribution in [2.75, 3.05) is 13.1 Å². The molecular weight excluding hydrogens is 289 g/mol. The Morgan fingerprint density at radius 1 is 1.45 bits per heavy atom. The number of nitrogens with zero attached hydrogens (tertiary/aromatic N) is 1. The number of carbonyl (C=O) groups is 1. The van der Waals surface area contributed by atoms with Crippen LogP contribution in [-0.2, 0) is 4.74 Å². The molecule has 3 rings (SSSR count). The van der Waals surface area contributed by atoms with Gasteiger partial charge in [-0.3, -0.25) is 0 Å². The van der Waals surface area contributed by atoms with E-state index in [1.54, 1.807) is 4.90 Å². The van der Waals surface area contributed by atoms with Gasteiger partial charge in [0.25, 0.3) is 0 Å². The summed E-state index contributed by atoms with van der Waals surface area (Å²) in [5, 5.41) is 10.2. The van der Waals surface area contributed by atoms with Crippen molar-refractivity contribution in [3.63, 3.8) is 0 Å². The number of amides is 1. The molecule has 5 nitrogen and oxygen atoms in total. The summed E-state index contributed by atoms with van der Waals surface area (Å²) >= 11 is 0. The minimum Gasteiger partial charge on any atom is -0.483 e. The number of ether oxygens (including phenoxy) is 2. The molecule has 1 saturated heterocycles. The summed E-state index contributed by atoms with van der Waals surface area (Å²) in [7, 11) is 0. The molecule has 1 aromatic carbocycles. The van der Waals surface area contributed by atoms with E-state index < -0.39 is 23.1 Å². The van der Waals surface area contributed by atoms with Crippen LogP contribution in [-0.4, -0.2) is 40.4 Å². The third kappa shape index (κ3) is 2.75. The van der Waals surface area contributed by atoms with Crippen LogP contribution in [0.15, 0.2) is 18.2 Å². The average Bonchev–Trinajstić information content (AvgIpc) is 2.34. The van der Waals surface area contributed by atoms with Crippen LogP contribution in [0.1, 0.15) is 38.9 Å². The van der Waals surface area contributed by atoms with Crippen molar-refractivity contribution < 1.29 is 23.8 Å². The number of halogens is 1. The average molecular weight is 309 g/mol. The Morgan fingerprint density at radius 3 is 2.77 bits per heavy atom. The Balaban J connectivity index is 1.69. The zero-order valence-corrected chi connectivity index (χ0v) is 12.9. The van der Waals surface area contributed by atoms with Gasteiger partial charge in [0.2, 0.25) is 0 Å². The zero-order valence-electron chi connectivity index (χ0n) is 12.9. The first-order valence-electron chi connectivity index (χ1n) is 7.32. The summed E-state index contributed by atoms with van der Waals surface area (Å²) in [6, 6.07) is 4.11. The molecule has 1 N–H and O–H groups in total. The molecule has 6 heteroatoms. The summed E-state index contributed by atoms with van der Waals surface area (Å²) in [4.78, 5) is 13.5. The van der Waals surface area contributed by atoms with E-state index in [9.17, 15) is 14.3 Å². The van der Waals surface area contributed by atoms with Crippen molar-refractivity contribution in [2.24, 2.45) is 0 Å². The number of hydrogen-bond acceptors (Lipinski definition) is 4. The highest BCUT2D eigenvalue weighted by Gasteiger charge is 2.52. The molecule has 1 atom stereocenters. The van der Waals surface area contributed by atoms with E-state index in [1.165, 1.54) is 18.2 Å². The Kier molecular flexibility index (Phi) is 3.32. The predicted octanol–water partition coefficient (Wildman–Crippen LogP) is 2.63. The third-order valence-corrected chi connectivity index (χ3v) is 3.83. The van der Waals surface area contributed by atoms with E-state index in [0.717, 1.165) is 0 Å². The molecule has 1 fully saturated rings. The molecule has 2 aliphatic heterocycles. The lowest BCUT2D eigenvalue weighted by molar-refractivity contribution is -0.114. The summed E-state index contributed by atoms with van der Waals surface area (Å²) in [5.41, 5.74) is -0.695. The summed E-state index contributed by atoms with van der Waals surface area (Å²) in [6.45, 7) is 6.15. The second-order valence-electron chi connectivity index (χ2n) is 7.02. The van der Waals surface area contributed by atoms with E-state index in [-0.39, 0.29) is 6.09 Å². The molecule has 0 radical (unpaired) electrons. The topological polar surface area (TPSA) is 59.0 Å². The highest BCUT2D eigenvalue weighted by atomic mass is 19.1. The van der Waals surface area contributed by atoms with Crippen molar-refractivity contribution in [1.29, 1.82) is 0 Å². The summed E-state index contributed by atoms with van der Waals surface area (Å²) in [5.74, 6) is 0.0744. The zero-order chi connectivity index (χ0) is 16.1.